The first-order valence-electron chi connectivity index (χ1n) is 3.30. The molecule has 9 heavy (non-hydrogen) atoms. The van der Waals surface area contributed by atoms with Crippen molar-refractivity contribution in [3.8, 4) is 0 Å². The lowest BCUT2D eigenvalue weighted by Crippen LogP contribution is -1.57. The quantitative estimate of drug-likeness (QED) is 0.430. The van der Waals surface area contributed by atoms with Gasteiger partial charge in [0.2, 0.25) is 0 Å². The molecule has 0 N–H and O–H groups in total. The number of allylic oxidation sites excluding steroid dienone is 6. The minimum absolute atomic E-state index is 1.07. The minimum Gasteiger partial charge on any atom is -0.0844 e. The van der Waals surface area contributed by atoms with Gasteiger partial charge in [0.25, 0.3) is 0 Å². The van der Waals surface area contributed by atoms with Crippen LogP contribution in [0.1, 0.15) is 12.8 Å². The summed E-state index contributed by atoms with van der Waals surface area (Å²) in [5.74, 6) is 0. The van der Waals surface area contributed by atoms with Crippen molar-refractivity contribution in [3.63, 3.8) is 0 Å². The third-order valence-electron chi connectivity index (χ3n) is 1.21. The molecule has 0 aromatic carbocycles. The number of hydrogen-bond donors (Lipinski definition) is 0. The van der Waals surface area contributed by atoms with Crippen molar-refractivity contribution in [3.05, 3.63) is 42.9 Å². The van der Waals surface area contributed by atoms with Gasteiger partial charge >= 0.3 is 0 Å². The average Bonchev–Trinajstić information content (AvgIpc) is 2.00. The summed E-state index contributed by atoms with van der Waals surface area (Å²) in [5.41, 5.74) is 0. The summed E-state index contributed by atoms with van der Waals surface area (Å²) in [6.45, 7) is 0. The Morgan fingerprint density at radius 2 is 1.22 bits per heavy atom. The topological polar surface area (TPSA) is 0 Å². The van der Waals surface area contributed by atoms with Crippen LogP contribution in [0.4, 0.5) is 0 Å². The van der Waals surface area contributed by atoms with E-state index in [4.69, 9.17) is 0 Å². The maximum absolute atomic E-state index is 2.18. The third-order valence-corrected chi connectivity index (χ3v) is 1.21. The van der Waals surface area contributed by atoms with Crippen molar-refractivity contribution in [1.29, 1.82) is 0 Å². The molecule has 0 nitrogen and oxygen atoms in total. The highest BCUT2D eigenvalue weighted by molar-refractivity contribution is 5.12. The lowest BCUT2D eigenvalue weighted by molar-refractivity contribution is 1.32. The van der Waals surface area contributed by atoms with Crippen LogP contribution in [0.25, 0.3) is 0 Å². The molecule has 1 aliphatic carbocycles. The van der Waals surface area contributed by atoms with Crippen LogP contribution in [0.15, 0.2) is 36.5 Å². The second kappa shape index (κ2) is 4.13. The third kappa shape index (κ3) is 2.91. The van der Waals surface area contributed by atoms with E-state index < -0.39 is 0 Å². The first-order valence-corrected chi connectivity index (χ1v) is 3.30. The van der Waals surface area contributed by atoms with Gasteiger partial charge in [0.05, 0.1) is 0 Å². The molecular weight excluding hydrogens is 108 g/mol. The summed E-state index contributed by atoms with van der Waals surface area (Å²) in [6, 6.07) is 0. The predicted molar refractivity (Wildman–Crippen MR) is 41.0 cm³/mol. The predicted octanol–water partition coefficient (Wildman–Crippen LogP) is 2.65. The van der Waals surface area contributed by atoms with Gasteiger partial charge in [-0.3, -0.25) is 0 Å². The van der Waals surface area contributed by atoms with Crippen molar-refractivity contribution < 1.29 is 0 Å². The van der Waals surface area contributed by atoms with Crippen LogP contribution in [0.2, 0.25) is 0 Å². The molecular formula is C9H11. The summed E-state index contributed by atoms with van der Waals surface area (Å²) in [4.78, 5) is 0. The Morgan fingerprint density at radius 1 is 0.667 bits per heavy atom. The molecule has 1 aliphatic rings. The molecule has 0 aromatic rings. The zero-order chi connectivity index (χ0) is 6.36. The highest BCUT2D eigenvalue weighted by atomic mass is 13.8. The fraction of sp³-hybridized carbons (Fsp3) is 0.222. The number of rotatable bonds is 0. The molecule has 0 saturated carbocycles. The van der Waals surface area contributed by atoms with E-state index in [0.29, 0.717) is 0 Å². The first kappa shape index (κ1) is 6.34. The van der Waals surface area contributed by atoms with Crippen molar-refractivity contribution in [2.45, 2.75) is 12.8 Å². The van der Waals surface area contributed by atoms with E-state index in [-0.39, 0.29) is 0 Å². The molecule has 0 heterocycles. The molecule has 1 radical (unpaired) electrons. The van der Waals surface area contributed by atoms with Gasteiger partial charge in [-0.25, -0.2) is 0 Å². The lowest BCUT2D eigenvalue weighted by Gasteiger charge is -1.76. The molecule has 0 bridgehead atoms. The molecule has 0 amide bonds. The maximum Gasteiger partial charge on any atom is 0.00443 e. The second-order valence-corrected chi connectivity index (χ2v) is 1.99. The zero-order valence-corrected chi connectivity index (χ0v) is 5.46. The van der Waals surface area contributed by atoms with E-state index in [1.54, 1.807) is 0 Å². The van der Waals surface area contributed by atoms with Gasteiger partial charge in [-0.05, 0) is 12.8 Å². The monoisotopic (exact) mass is 119 g/mol. The van der Waals surface area contributed by atoms with E-state index in [1.165, 1.54) is 0 Å². The molecule has 0 saturated heterocycles. The maximum atomic E-state index is 2.18. The van der Waals surface area contributed by atoms with E-state index >= 15 is 0 Å². The Hall–Kier alpha value is -0.780. The summed E-state index contributed by atoms with van der Waals surface area (Å²) >= 11 is 0. The van der Waals surface area contributed by atoms with Crippen LogP contribution in [-0.2, 0) is 0 Å². The van der Waals surface area contributed by atoms with Crippen LogP contribution in [0.3, 0.4) is 0 Å². The summed E-state index contributed by atoms with van der Waals surface area (Å²) in [7, 11) is 0. The van der Waals surface area contributed by atoms with E-state index in [1.807, 2.05) is 0 Å². The Kier molecular flexibility index (Phi) is 2.91. The van der Waals surface area contributed by atoms with Gasteiger partial charge in [0.1, 0.15) is 0 Å². The molecule has 0 heteroatoms. The summed E-state index contributed by atoms with van der Waals surface area (Å²) in [5, 5.41) is 0. The Balaban J connectivity index is 2.43. The zero-order valence-electron chi connectivity index (χ0n) is 5.46. The fourth-order valence-electron chi connectivity index (χ4n) is 0.728. The molecule has 47 valence electrons. The van der Waals surface area contributed by atoms with Gasteiger partial charge in [-0.15, -0.1) is 0 Å². The standard InChI is InChI=1S/C9H11/c1-2-4-6-8-9-7-5-3-1/h1-5,8-9H,6-7H2. The minimum atomic E-state index is 1.07. The molecule has 0 spiro atoms. The first-order chi connectivity index (χ1) is 4.50. The van der Waals surface area contributed by atoms with Crippen molar-refractivity contribution in [1.82, 2.24) is 0 Å². The van der Waals surface area contributed by atoms with Gasteiger partial charge in [0, 0.05) is 6.42 Å². The summed E-state index contributed by atoms with van der Waals surface area (Å²) in [6.07, 6.45) is 17.0. The highest BCUT2D eigenvalue weighted by Crippen LogP contribution is 1.96. The molecule has 0 fully saturated rings. The lowest BCUT2D eigenvalue weighted by atomic mass is 10.3. The molecule has 0 atom stereocenters. The van der Waals surface area contributed by atoms with Crippen LogP contribution in [-0.4, -0.2) is 0 Å². The van der Waals surface area contributed by atoms with Crippen LogP contribution in [0.5, 0.6) is 0 Å². The van der Waals surface area contributed by atoms with Gasteiger partial charge in [-0.2, -0.15) is 0 Å². The van der Waals surface area contributed by atoms with Crippen molar-refractivity contribution in [2.75, 3.05) is 0 Å². The largest absolute Gasteiger partial charge is 0.0844 e. The van der Waals surface area contributed by atoms with Crippen LogP contribution < -0.4 is 0 Å². The molecule has 1 rings (SSSR count). The molecule has 0 aromatic heterocycles. The van der Waals surface area contributed by atoms with Crippen LogP contribution >= 0.6 is 0 Å². The van der Waals surface area contributed by atoms with Gasteiger partial charge < -0.3 is 0 Å². The van der Waals surface area contributed by atoms with E-state index in [9.17, 15) is 0 Å². The smallest absolute Gasteiger partial charge is 0.00443 e. The average molecular weight is 119 g/mol. The fourth-order valence-corrected chi connectivity index (χ4v) is 0.728. The number of hydrogen-bond acceptors (Lipinski definition) is 0. The second-order valence-electron chi connectivity index (χ2n) is 1.99. The Labute approximate surface area is 56.6 Å². The summed E-state index contributed by atoms with van der Waals surface area (Å²) < 4.78 is 0. The van der Waals surface area contributed by atoms with Gasteiger partial charge in [0.15, 0.2) is 0 Å². The van der Waals surface area contributed by atoms with Crippen molar-refractivity contribution >= 4 is 0 Å². The highest BCUT2D eigenvalue weighted by Gasteiger charge is 1.76. The van der Waals surface area contributed by atoms with E-state index in [0.717, 1.165) is 12.8 Å². The SMILES string of the molecule is [CH]1C=CCC=CCC=C1. The Morgan fingerprint density at radius 3 is 1.78 bits per heavy atom. The van der Waals surface area contributed by atoms with Gasteiger partial charge in [-0.1, -0.05) is 36.5 Å². The Bertz CT molecular complexity index is 97.6. The molecule has 0 aliphatic heterocycles. The normalized spacial score (nSPS) is 18.7. The van der Waals surface area contributed by atoms with E-state index in [2.05, 4.69) is 42.9 Å². The van der Waals surface area contributed by atoms with Crippen molar-refractivity contribution in [2.24, 2.45) is 0 Å². The molecule has 0 unspecified atom stereocenters. The van der Waals surface area contributed by atoms with Crippen LogP contribution in [0, 0.1) is 6.42 Å².